The number of hydrogen-bond donors (Lipinski definition) is 0. The van der Waals surface area contributed by atoms with E-state index < -0.39 is 0 Å². The predicted octanol–water partition coefficient (Wildman–Crippen LogP) is 1.49. The Morgan fingerprint density at radius 3 is 2.53 bits per heavy atom. The zero-order valence-electron chi connectivity index (χ0n) is 10.5. The molecule has 1 aromatic heterocycles. The highest BCUT2D eigenvalue weighted by atomic mass is 16.2. The molecule has 19 heavy (non-hydrogen) atoms. The molecular weight excluding hydrogens is 242 g/mol. The first kappa shape index (κ1) is 11.6. The van der Waals surface area contributed by atoms with Gasteiger partial charge >= 0.3 is 0 Å². The molecule has 0 spiro atoms. The van der Waals surface area contributed by atoms with E-state index in [1.165, 1.54) is 4.90 Å². The molecule has 96 valence electrons. The van der Waals surface area contributed by atoms with Crippen LogP contribution < -0.4 is 4.90 Å². The SMILES string of the molecule is Cc1cc(N2CC(=O)CC2=O)n(-c2ccccc2)n1. The number of hydrogen-bond acceptors (Lipinski definition) is 3. The van der Waals surface area contributed by atoms with Gasteiger partial charge in [0.2, 0.25) is 5.91 Å². The summed E-state index contributed by atoms with van der Waals surface area (Å²) in [6.07, 6.45) is -0.0149. The van der Waals surface area contributed by atoms with E-state index in [0.717, 1.165) is 11.4 Å². The van der Waals surface area contributed by atoms with Gasteiger partial charge in [-0.25, -0.2) is 4.68 Å². The van der Waals surface area contributed by atoms with Gasteiger partial charge in [0.1, 0.15) is 5.82 Å². The molecule has 1 aromatic carbocycles. The number of rotatable bonds is 2. The maximum atomic E-state index is 11.8. The van der Waals surface area contributed by atoms with Crippen LogP contribution in [0.25, 0.3) is 5.69 Å². The van der Waals surface area contributed by atoms with Crippen molar-refractivity contribution in [3.63, 3.8) is 0 Å². The van der Waals surface area contributed by atoms with E-state index in [2.05, 4.69) is 5.10 Å². The highest BCUT2D eigenvalue weighted by Gasteiger charge is 2.31. The molecule has 0 N–H and O–H groups in total. The molecule has 5 heteroatoms. The average molecular weight is 255 g/mol. The number of anilines is 1. The van der Waals surface area contributed by atoms with Crippen molar-refractivity contribution in [2.45, 2.75) is 13.3 Å². The fourth-order valence-electron chi connectivity index (χ4n) is 2.23. The second kappa shape index (κ2) is 4.35. The van der Waals surface area contributed by atoms with Crippen LogP contribution in [-0.2, 0) is 9.59 Å². The smallest absolute Gasteiger partial charge is 0.236 e. The van der Waals surface area contributed by atoms with E-state index in [1.54, 1.807) is 4.68 Å². The zero-order valence-corrected chi connectivity index (χ0v) is 10.5. The van der Waals surface area contributed by atoms with Gasteiger partial charge in [-0.05, 0) is 19.1 Å². The first-order valence-electron chi connectivity index (χ1n) is 6.09. The van der Waals surface area contributed by atoms with Crippen molar-refractivity contribution in [1.29, 1.82) is 0 Å². The van der Waals surface area contributed by atoms with Gasteiger partial charge in [-0.3, -0.25) is 14.5 Å². The molecule has 0 atom stereocenters. The quantitative estimate of drug-likeness (QED) is 0.764. The Balaban J connectivity index is 2.08. The third-order valence-corrected chi connectivity index (χ3v) is 3.07. The first-order chi connectivity index (χ1) is 9.15. The molecule has 0 radical (unpaired) electrons. The van der Waals surface area contributed by atoms with E-state index in [-0.39, 0.29) is 24.7 Å². The Bertz CT molecular complexity index is 646. The van der Waals surface area contributed by atoms with E-state index in [1.807, 2.05) is 43.3 Å². The third-order valence-electron chi connectivity index (χ3n) is 3.07. The summed E-state index contributed by atoms with van der Waals surface area (Å²) in [6, 6.07) is 11.4. The van der Waals surface area contributed by atoms with Gasteiger partial charge in [-0.15, -0.1) is 0 Å². The van der Waals surface area contributed by atoms with Crippen molar-refractivity contribution in [1.82, 2.24) is 9.78 Å². The molecule has 2 heterocycles. The number of nitrogens with zero attached hydrogens (tertiary/aromatic N) is 3. The van der Waals surface area contributed by atoms with Crippen LogP contribution >= 0.6 is 0 Å². The van der Waals surface area contributed by atoms with Crippen LogP contribution in [0.15, 0.2) is 36.4 Å². The number of carbonyl (C=O) groups excluding carboxylic acids is 2. The molecule has 1 saturated heterocycles. The lowest BCUT2D eigenvalue weighted by atomic mass is 10.3. The van der Waals surface area contributed by atoms with E-state index in [9.17, 15) is 9.59 Å². The van der Waals surface area contributed by atoms with Crippen LogP contribution in [0.4, 0.5) is 5.82 Å². The minimum absolute atomic E-state index is 0.0149. The molecule has 2 aromatic rings. The lowest BCUT2D eigenvalue weighted by Gasteiger charge is -2.16. The molecule has 0 aliphatic carbocycles. The molecular formula is C14H13N3O2. The highest BCUT2D eigenvalue weighted by molar-refractivity contribution is 6.14. The number of carbonyl (C=O) groups is 2. The zero-order chi connectivity index (χ0) is 13.4. The van der Waals surface area contributed by atoms with Gasteiger partial charge in [-0.2, -0.15) is 5.10 Å². The lowest BCUT2D eigenvalue weighted by Crippen LogP contribution is -2.27. The fraction of sp³-hybridized carbons (Fsp3) is 0.214. The number of Topliss-reactive ketones (excluding diaryl/α,β-unsaturated/α-hetero) is 1. The number of benzene rings is 1. The Morgan fingerprint density at radius 1 is 1.16 bits per heavy atom. The van der Waals surface area contributed by atoms with Gasteiger partial charge in [0, 0.05) is 6.07 Å². The van der Waals surface area contributed by atoms with Crippen molar-refractivity contribution in [3.8, 4) is 5.69 Å². The molecule has 5 nitrogen and oxygen atoms in total. The van der Waals surface area contributed by atoms with Crippen LogP contribution in [-0.4, -0.2) is 28.0 Å². The van der Waals surface area contributed by atoms with Gasteiger partial charge in [0.25, 0.3) is 0 Å². The van der Waals surface area contributed by atoms with Crippen LogP contribution in [0.5, 0.6) is 0 Å². The fourth-order valence-corrected chi connectivity index (χ4v) is 2.23. The van der Waals surface area contributed by atoms with Crippen LogP contribution in [0.1, 0.15) is 12.1 Å². The van der Waals surface area contributed by atoms with Crippen molar-refractivity contribution in [2.24, 2.45) is 0 Å². The normalized spacial score (nSPS) is 15.3. The highest BCUT2D eigenvalue weighted by Crippen LogP contribution is 2.24. The Morgan fingerprint density at radius 2 is 1.89 bits per heavy atom. The summed E-state index contributed by atoms with van der Waals surface area (Å²) in [5.74, 6) is 0.435. The number of aromatic nitrogens is 2. The van der Waals surface area contributed by atoms with Gasteiger partial charge in [-0.1, -0.05) is 18.2 Å². The van der Waals surface area contributed by atoms with Crippen molar-refractivity contribution in [2.75, 3.05) is 11.4 Å². The van der Waals surface area contributed by atoms with E-state index in [4.69, 9.17) is 0 Å². The summed E-state index contributed by atoms with van der Waals surface area (Å²) in [6.45, 7) is 2.00. The van der Waals surface area contributed by atoms with Crippen molar-refractivity contribution < 1.29 is 9.59 Å². The van der Waals surface area contributed by atoms with E-state index >= 15 is 0 Å². The maximum absolute atomic E-state index is 11.8. The Hall–Kier alpha value is -2.43. The number of ketones is 1. The molecule has 3 rings (SSSR count). The first-order valence-corrected chi connectivity index (χ1v) is 6.09. The molecule has 1 aliphatic heterocycles. The molecule has 1 fully saturated rings. The molecule has 0 bridgehead atoms. The molecule has 0 unspecified atom stereocenters. The van der Waals surface area contributed by atoms with Crippen molar-refractivity contribution >= 4 is 17.5 Å². The second-order valence-electron chi connectivity index (χ2n) is 4.59. The van der Waals surface area contributed by atoms with Gasteiger partial charge in [0.15, 0.2) is 5.78 Å². The Kier molecular flexibility index (Phi) is 2.67. The average Bonchev–Trinajstić information content (AvgIpc) is 2.93. The number of para-hydroxylation sites is 1. The van der Waals surface area contributed by atoms with E-state index in [0.29, 0.717) is 5.82 Å². The number of aryl methyl sites for hydroxylation is 1. The predicted molar refractivity (Wildman–Crippen MR) is 70.3 cm³/mol. The molecule has 1 amide bonds. The molecule has 1 aliphatic rings. The van der Waals surface area contributed by atoms with Crippen LogP contribution in [0, 0.1) is 6.92 Å². The van der Waals surface area contributed by atoms with Crippen molar-refractivity contribution in [3.05, 3.63) is 42.1 Å². The summed E-state index contributed by atoms with van der Waals surface area (Å²) in [5, 5.41) is 4.40. The topological polar surface area (TPSA) is 55.2 Å². The summed E-state index contributed by atoms with van der Waals surface area (Å²) in [5.41, 5.74) is 1.68. The summed E-state index contributed by atoms with van der Waals surface area (Å²) >= 11 is 0. The minimum atomic E-state index is -0.165. The summed E-state index contributed by atoms with van der Waals surface area (Å²) in [4.78, 5) is 24.7. The van der Waals surface area contributed by atoms with Gasteiger partial charge < -0.3 is 0 Å². The third kappa shape index (κ3) is 2.03. The van der Waals surface area contributed by atoms with Crippen LogP contribution in [0.3, 0.4) is 0 Å². The number of amides is 1. The monoisotopic (exact) mass is 255 g/mol. The second-order valence-corrected chi connectivity index (χ2v) is 4.59. The summed E-state index contributed by atoms with van der Waals surface area (Å²) in [7, 11) is 0. The standard InChI is InChI=1S/C14H13N3O2/c1-10-7-13(16-9-12(18)8-14(16)19)17(15-10)11-5-3-2-4-6-11/h2-7H,8-9H2,1H3. The summed E-state index contributed by atoms with van der Waals surface area (Å²) < 4.78 is 1.70. The van der Waals surface area contributed by atoms with Crippen LogP contribution in [0.2, 0.25) is 0 Å². The minimum Gasteiger partial charge on any atom is -0.297 e. The Labute approximate surface area is 110 Å². The molecule has 0 saturated carbocycles. The van der Waals surface area contributed by atoms with Gasteiger partial charge in [0.05, 0.1) is 24.3 Å². The lowest BCUT2D eigenvalue weighted by molar-refractivity contribution is -0.121. The largest absolute Gasteiger partial charge is 0.297 e. The maximum Gasteiger partial charge on any atom is 0.236 e.